The van der Waals surface area contributed by atoms with Crippen molar-refractivity contribution < 1.29 is 4.79 Å². The summed E-state index contributed by atoms with van der Waals surface area (Å²) in [6, 6.07) is -0.0585. The summed E-state index contributed by atoms with van der Waals surface area (Å²) in [6.07, 6.45) is 4.61. The van der Waals surface area contributed by atoms with E-state index >= 15 is 0 Å². The Labute approximate surface area is 95.2 Å². The van der Waals surface area contributed by atoms with E-state index in [2.05, 4.69) is 20.1 Å². The zero-order chi connectivity index (χ0) is 11.5. The second-order valence-corrected chi connectivity index (χ2v) is 4.36. The monoisotopic (exact) mass is 222 g/mol. The van der Waals surface area contributed by atoms with Crippen LogP contribution in [0.2, 0.25) is 0 Å². The van der Waals surface area contributed by atoms with E-state index in [1.54, 1.807) is 0 Å². The van der Waals surface area contributed by atoms with Crippen LogP contribution < -0.4 is 5.32 Å². The van der Waals surface area contributed by atoms with E-state index in [4.69, 9.17) is 0 Å². The van der Waals surface area contributed by atoms with Gasteiger partial charge in [0.1, 0.15) is 5.82 Å². The molecule has 0 spiro atoms. The third-order valence-corrected chi connectivity index (χ3v) is 2.95. The molecule has 1 atom stereocenters. The highest BCUT2D eigenvalue weighted by molar-refractivity contribution is 5.73. The number of rotatable bonds is 2. The number of carbonyl (C=O) groups excluding carboxylic acids is 1. The average Bonchev–Trinajstić information content (AvgIpc) is 2.47. The number of hydrogen-bond donors (Lipinski definition) is 1. The van der Waals surface area contributed by atoms with E-state index < -0.39 is 0 Å². The fourth-order valence-corrected chi connectivity index (χ4v) is 2.20. The third-order valence-electron chi connectivity index (χ3n) is 2.95. The molecule has 2 heterocycles. The molecule has 0 aliphatic carbocycles. The predicted octanol–water partition coefficient (Wildman–Crippen LogP) is 1.20. The van der Waals surface area contributed by atoms with Crippen molar-refractivity contribution >= 4 is 5.91 Å². The van der Waals surface area contributed by atoms with Gasteiger partial charge in [0.2, 0.25) is 5.91 Å². The Hall–Kier alpha value is -1.39. The van der Waals surface area contributed by atoms with Crippen molar-refractivity contribution in [2.45, 2.75) is 52.1 Å². The second kappa shape index (κ2) is 4.63. The van der Waals surface area contributed by atoms with Gasteiger partial charge in [0.15, 0.2) is 5.82 Å². The van der Waals surface area contributed by atoms with Crippen LogP contribution in [0.1, 0.15) is 50.8 Å². The Morgan fingerprint density at radius 3 is 2.94 bits per heavy atom. The Kier molecular flexibility index (Phi) is 3.22. The second-order valence-electron chi connectivity index (χ2n) is 4.36. The minimum absolute atomic E-state index is 0.0292. The Morgan fingerprint density at radius 1 is 1.38 bits per heavy atom. The molecule has 88 valence electrons. The fourth-order valence-electron chi connectivity index (χ4n) is 2.20. The van der Waals surface area contributed by atoms with Crippen LogP contribution in [-0.4, -0.2) is 20.7 Å². The number of nitrogens with one attached hydrogen (secondary N) is 1. The lowest BCUT2D eigenvalue weighted by Crippen LogP contribution is -2.26. The molecular formula is C11H18N4O. The predicted molar refractivity (Wildman–Crippen MR) is 59.8 cm³/mol. The van der Waals surface area contributed by atoms with E-state index in [9.17, 15) is 4.79 Å². The van der Waals surface area contributed by atoms with Crippen LogP contribution in [-0.2, 0) is 17.8 Å². The van der Waals surface area contributed by atoms with Crippen molar-refractivity contribution in [2.24, 2.45) is 0 Å². The Balaban J connectivity index is 2.21. The van der Waals surface area contributed by atoms with Crippen LogP contribution in [0.25, 0.3) is 0 Å². The van der Waals surface area contributed by atoms with Crippen LogP contribution in [0.15, 0.2) is 0 Å². The molecule has 1 aliphatic rings. The smallest absolute Gasteiger partial charge is 0.217 e. The van der Waals surface area contributed by atoms with E-state index in [0.29, 0.717) is 0 Å². The van der Waals surface area contributed by atoms with Gasteiger partial charge in [0.25, 0.3) is 0 Å². The van der Waals surface area contributed by atoms with Gasteiger partial charge in [0.05, 0.1) is 6.04 Å². The molecule has 1 unspecified atom stereocenters. The molecule has 16 heavy (non-hydrogen) atoms. The lowest BCUT2D eigenvalue weighted by atomic mass is 10.2. The zero-order valence-electron chi connectivity index (χ0n) is 9.86. The lowest BCUT2D eigenvalue weighted by molar-refractivity contribution is -0.119. The lowest BCUT2D eigenvalue weighted by Gasteiger charge is -2.13. The maximum atomic E-state index is 11.0. The van der Waals surface area contributed by atoms with Crippen molar-refractivity contribution in [3.05, 3.63) is 11.6 Å². The molecular weight excluding hydrogens is 204 g/mol. The number of carbonyl (C=O) groups is 1. The van der Waals surface area contributed by atoms with Gasteiger partial charge in [-0.3, -0.25) is 4.79 Å². The summed E-state index contributed by atoms with van der Waals surface area (Å²) < 4.78 is 2.16. The van der Waals surface area contributed by atoms with Crippen molar-refractivity contribution in [2.75, 3.05) is 0 Å². The minimum Gasteiger partial charge on any atom is -0.347 e. The standard InChI is InChI=1S/C11H18N4O/c1-8(12-9(2)16)11-14-13-10-6-4-3-5-7-15(10)11/h8H,3-7H2,1-2H3,(H,12,16). The summed E-state index contributed by atoms with van der Waals surface area (Å²) in [5, 5.41) is 11.3. The number of nitrogens with zero attached hydrogens (tertiary/aromatic N) is 3. The maximum absolute atomic E-state index is 11.0. The molecule has 0 saturated heterocycles. The molecule has 1 amide bonds. The fraction of sp³-hybridized carbons (Fsp3) is 0.727. The topological polar surface area (TPSA) is 59.8 Å². The number of aromatic nitrogens is 3. The first-order valence-corrected chi connectivity index (χ1v) is 5.87. The number of aryl methyl sites for hydroxylation is 1. The number of fused-ring (bicyclic) bond motifs is 1. The molecule has 1 aromatic rings. The highest BCUT2D eigenvalue weighted by Gasteiger charge is 2.19. The molecule has 0 aromatic carbocycles. The molecule has 2 rings (SSSR count). The maximum Gasteiger partial charge on any atom is 0.217 e. The molecule has 0 fully saturated rings. The normalized spacial score (nSPS) is 17.4. The van der Waals surface area contributed by atoms with Gasteiger partial charge < -0.3 is 9.88 Å². The summed E-state index contributed by atoms with van der Waals surface area (Å²) in [4.78, 5) is 11.0. The summed E-state index contributed by atoms with van der Waals surface area (Å²) in [6.45, 7) is 4.45. The summed E-state index contributed by atoms with van der Waals surface area (Å²) >= 11 is 0. The van der Waals surface area contributed by atoms with Gasteiger partial charge >= 0.3 is 0 Å². The van der Waals surface area contributed by atoms with Crippen LogP contribution in [0.3, 0.4) is 0 Å². The zero-order valence-corrected chi connectivity index (χ0v) is 9.86. The molecule has 5 heteroatoms. The van der Waals surface area contributed by atoms with E-state index in [1.807, 2.05) is 6.92 Å². The van der Waals surface area contributed by atoms with Crippen molar-refractivity contribution in [3.63, 3.8) is 0 Å². The molecule has 1 N–H and O–H groups in total. The largest absolute Gasteiger partial charge is 0.347 e. The van der Waals surface area contributed by atoms with Crippen LogP contribution >= 0.6 is 0 Å². The number of amides is 1. The Bertz CT molecular complexity index is 385. The molecule has 0 radical (unpaired) electrons. The molecule has 1 aliphatic heterocycles. The van der Waals surface area contributed by atoms with Crippen LogP contribution in [0.4, 0.5) is 0 Å². The van der Waals surface area contributed by atoms with Gasteiger partial charge in [-0.1, -0.05) is 6.42 Å². The quantitative estimate of drug-likeness (QED) is 0.818. The molecule has 1 aromatic heterocycles. The van der Waals surface area contributed by atoms with Crippen molar-refractivity contribution in [3.8, 4) is 0 Å². The van der Waals surface area contributed by atoms with Gasteiger partial charge in [-0.2, -0.15) is 0 Å². The summed E-state index contributed by atoms with van der Waals surface area (Å²) in [5.41, 5.74) is 0. The number of hydrogen-bond acceptors (Lipinski definition) is 3. The molecule has 5 nitrogen and oxygen atoms in total. The summed E-state index contributed by atoms with van der Waals surface area (Å²) in [7, 11) is 0. The van der Waals surface area contributed by atoms with E-state index in [1.165, 1.54) is 26.2 Å². The van der Waals surface area contributed by atoms with Crippen LogP contribution in [0, 0.1) is 0 Å². The highest BCUT2D eigenvalue weighted by Crippen LogP contribution is 2.18. The minimum atomic E-state index is -0.0585. The van der Waals surface area contributed by atoms with E-state index in [0.717, 1.165) is 24.6 Å². The highest BCUT2D eigenvalue weighted by atomic mass is 16.1. The van der Waals surface area contributed by atoms with Crippen molar-refractivity contribution in [1.29, 1.82) is 0 Å². The third kappa shape index (κ3) is 2.23. The first kappa shape index (κ1) is 11.1. The molecule has 0 bridgehead atoms. The molecule has 0 saturated carbocycles. The Morgan fingerprint density at radius 2 is 2.19 bits per heavy atom. The van der Waals surface area contributed by atoms with Gasteiger partial charge in [0, 0.05) is 19.9 Å². The van der Waals surface area contributed by atoms with Gasteiger partial charge in [-0.05, 0) is 19.8 Å². The van der Waals surface area contributed by atoms with Gasteiger partial charge in [-0.25, -0.2) is 0 Å². The first-order chi connectivity index (χ1) is 7.68. The first-order valence-electron chi connectivity index (χ1n) is 5.87. The van der Waals surface area contributed by atoms with Gasteiger partial charge in [-0.15, -0.1) is 10.2 Å². The SMILES string of the molecule is CC(=O)NC(C)c1nnc2n1CCCCC2. The average molecular weight is 222 g/mol. The van der Waals surface area contributed by atoms with E-state index in [-0.39, 0.29) is 11.9 Å². The van der Waals surface area contributed by atoms with Crippen LogP contribution in [0.5, 0.6) is 0 Å². The van der Waals surface area contributed by atoms with Crippen molar-refractivity contribution in [1.82, 2.24) is 20.1 Å². The summed E-state index contributed by atoms with van der Waals surface area (Å²) in [5.74, 6) is 1.91.